The molecule has 0 spiro atoms. The first-order valence-corrected chi connectivity index (χ1v) is 13.9. The minimum atomic E-state index is -0.163. The second kappa shape index (κ2) is 9.44. The number of benzene rings is 1. The second-order valence-corrected chi connectivity index (χ2v) is 11.8. The lowest BCUT2D eigenvalue weighted by molar-refractivity contribution is 0.0651. The van der Waals surface area contributed by atoms with E-state index in [0.29, 0.717) is 41.5 Å². The molecule has 0 radical (unpaired) electrons. The highest BCUT2D eigenvalue weighted by Crippen LogP contribution is 2.28. The number of carbonyl (C=O) groups excluding carboxylic acids is 1. The number of fused-ring (bicyclic) bond motifs is 4. The van der Waals surface area contributed by atoms with Crippen LogP contribution < -0.4 is 5.56 Å². The number of carbonyl (C=O) groups is 1. The van der Waals surface area contributed by atoms with Crippen LogP contribution in [0.4, 0.5) is 0 Å². The standard InChI is InChI=1S/C29H30BrN7O2/c1-16(2)8-20-12-33-37-25-14-35(28(38)19-6-7-22(30)17(3)9-19)18(4)10-21(25)29(39)36(27(20)37)26-11-23-24(13-31-26)34(5)15-32-23/h6-7,9,11-13,15-16,18H,8,10,14H2,1-5H3/t18-/m0/s1. The average Bonchev–Trinajstić information content (AvgIpc) is 3.48. The lowest BCUT2D eigenvalue weighted by Gasteiger charge is -2.35. The monoisotopic (exact) mass is 587 g/mol. The van der Waals surface area contributed by atoms with Gasteiger partial charge in [-0.1, -0.05) is 29.8 Å². The minimum absolute atomic E-state index is 0.0575. The van der Waals surface area contributed by atoms with E-state index in [0.717, 1.165) is 38.7 Å². The largest absolute Gasteiger partial charge is 0.332 e. The topological polar surface area (TPSA) is 90.3 Å². The van der Waals surface area contributed by atoms with Gasteiger partial charge < -0.3 is 9.47 Å². The number of imidazole rings is 1. The molecule has 6 rings (SSSR count). The van der Waals surface area contributed by atoms with Gasteiger partial charge in [0.25, 0.3) is 11.5 Å². The van der Waals surface area contributed by atoms with Crippen LogP contribution >= 0.6 is 15.9 Å². The van der Waals surface area contributed by atoms with Gasteiger partial charge in [0.05, 0.1) is 42.0 Å². The molecule has 0 unspecified atom stereocenters. The average molecular weight is 589 g/mol. The zero-order chi connectivity index (χ0) is 27.6. The number of rotatable bonds is 4. The summed E-state index contributed by atoms with van der Waals surface area (Å²) < 4.78 is 6.39. The molecule has 1 atom stereocenters. The molecule has 1 aliphatic rings. The van der Waals surface area contributed by atoms with Gasteiger partial charge in [0.15, 0.2) is 0 Å². The van der Waals surface area contributed by atoms with Crippen molar-refractivity contribution >= 4 is 38.5 Å². The number of pyridine rings is 1. The van der Waals surface area contributed by atoms with E-state index in [1.807, 2.05) is 65.3 Å². The highest BCUT2D eigenvalue weighted by atomic mass is 79.9. The maximum absolute atomic E-state index is 14.2. The van der Waals surface area contributed by atoms with Gasteiger partial charge >= 0.3 is 0 Å². The fraction of sp³-hybridized carbons (Fsp3) is 0.345. The Bertz CT molecular complexity index is 1830. The van der Waals surface area contributed by atoms with Gasteiger partial charge in [-0.3, -0.25) is 9.59 Å². The van der Waals surface area contributed by atoms with Crippen LogP contribution in [0, 0.1) is 12.8 Å². The third-order valence-electron chi connectivity index (χ3n) is 7.57. The van der Waals surface area contributed by atoms with Crippen molar-refractivity contribution in [2.24, 2.45) is 13.0 Å². The predicted octanol–water partition coefficient (Wildman–Crippen LogP) is 4.62. The molecule has 0 fully saturated rings. The van der Waals surface area contributed by atoms with Crippen molar-refractivity contribution in [1.82, 2.24) is 33.6 Å². The second-order valence-electron chi connectivity index (χ2n) is 10.9. The quantitative estimate of drug-likeness (QED) is 0.306. The molecule has 0 N–H and O–H groups in total. The molecule has 1 amide bonds. The van der Waals surface area contributed by atoms with E-state index >= 15 is 0 Å². The SMILES string of the molecule is Cc1cc(C(=O)N2Cc3c(c(=O)n(-c4cc5ncn(C)c5cn4)c4c(CC(C)C)cnn34)C[C@@H]2C)ccc1Br. The fourth-order valence-electron chi connectivity index (χ4n) is 5.53. The Hall–Kier alpha value is -3.79. The van der Waals surface area contributed by atoms with E-state index in [4.69, 9.17) is 5.10 Å². The highest BCUT2D eigenvalue weighted by Gasteiger charge is 2.33. The highest BCUT2D eigenvalue weighted by molar-refractivity contribution is 9.10. The number of aromatic nitrogens is 6. The first kappa shape index (κ1) is 25.5. The molecule has 4 aromatic heterocycles. The van der Waals surface area contributed by atoms with Gasteiger partial charge in [0, 0.05) is 40.3 Å². The van der Waals surface area contributed by atoms with Crippen LogP contribution in [-0.2, 0) is 26.4 Å². The summed E-state index contributed by atoms with van der Waals surface area (Å²) in [6, 6.07) is 7.33. The summed E-state index contributed by atoms with van der Waals surface area (Å²) in [6.45, 7) is 8.55. The van der Waals surface area contributed by atoms with Crippen molar-refractivity contribution in [3.05, 3.63) is 85.8 Å². The Morgan fingerprint density at radius 3 is 2.72 bits per heavy atom. The Labute approximate surface area is 234 Å². The Morgan fingerprint density at radius 2 is 1.97 bits per heavy atom. The number of nitrogens with zero attached hydrogens (tertiary/aromatic N) is 7. The zero-order valence-electron chi connectivity index (χ0n) is 22.6. The summed E-state index contributed by atoms with van der Waals surface area (Å²) in [7, 11) is 1.92. The van der Waals surface area contributed by atoms with Crippen LogP contribution in [0.25, 0.3) is 22.5 Å². The summed E-state index contributed by atoms with van der Waals surface area (Å²) in [4.78, 5) is 38.9. The molecule has 5 heterocycles. The molecule has 5 aromatic rings. The van der Waals surface area contributed by atoms with E-state index < -0.39 is 0 Å². The predicted molar refractivity (Wildman–Crippen MR) is 153 cm³/mol. The first-order chi connectivity index (χ1) is 18.6. The van der Waals surface area contributed by atoms with Crippen LogP contribution in [0.2, 0.25) is 0 Å². The Kier molecular flexibility index (Phi) is 6.17. The van der Waals surface area contributed by atoms with Crippen LogP contribution in [-0.4, -0.2) is 45.6 Å². The number of aryl methyl sites for hydroxylation is 2. The maximum Gasteiger partial charge on any atom is 0.263 e. The van der Waals surface area contributed by atoms with Gasteiger partial charge in [-0.05, 0) is 56.4 Å². The van der Waals surface area contributed by atoms with Crippen molar-refractivity contribution in [2.45, 2.75) is 53.1 Å². The number of halogens is 1. The van der Waals surface area contributed by atoms with Crippen molar-refractivity contribution in [3.63, 3.8) is 0 Å². The fourth-order valence-corrected chi connectivity index (χ4v) is 5.78. The minimum Gasteiger partial charge on any atom is -0.332 e. The Morgan fingerprint density at radius 1 is 1.18 bits per heavy atom. The summed E-state index contributed by atoms with van der Waals surface area (Å²) in [6.07, 6.45) is 6.51. The summed E-state index contributed by atoms with van der Waals surface area (Å²) >= 11 is 3.52. The maximum atomic E-state index is 14.2. The van der Waals surface area contributed by atoms with Crippen LogP contribution in [0.1, 0.15) is 53.5 Å². The van der Waals surface area contributed by atoms with E-state index in [2.05, 4.69) is 39.7 Å². The van der Waals surface area contributed by atoms with Gasteiger partial charge in [0.1, 0.15) is 11.5 Å². The molecule has 10 heteroatoms. The van der Waals surface area contributed by atoms with E-state index in [1.54, 1.807) is 17.1 Å². The molecule has 0 saturated heterocycles. The van der Waals surface area contributed by atoms with E-state index in [-0.39, 0.29) is 17.5 Å². The molecule has 200 valence electrons. The van der Waals surface area contributed by atoms with Gasteiger partial charge in [0.2, 0.25) is 0 Å². The molecule has 1 aromatic carbocycles. The molecule has 9 nitrogen and oxygen atoms in total. The van der Waals surface area contributed by atoms with Gasteiger partial charge in [-0.2, -0.15) is 5.10 Å². The molecule has 0 bridgehead atoms. The van der Waals surface area contributed by atoms with Gasteiger partial charge in [-0.15, -0.1) is 0 Å². The number of amides is 1. The Balaban J connectivity index is 1.53. The third kappa shape index (κ3) is 4.17. The lowest BCUT2D eigenvalue weighted by atomic mass is 9.98. The van der Waals surface area contributed by atoms with Crippen LogP contribution in [0.5, 0.6) is 0 Å². The normalized spacial score (nSPS) is 15.5. The molecule has 1 aliphatic heterocycles. The number of hydrogen-bond acceptors (Lipinski definition) is 5. The molecule has 0 saturated carbocycles. The first-order valence-electron chi connectivity index (χ1n) is 13.1. The molecule has 0 aliphatic carbocycles. The molecular formula is C29H30BrN7O2. The summed E-state index contributed by atoms with van der Waals surface area (Å²) in [5.41, 5.74) is 6.23. The van der Waals surface area contributed by atoms with Crippen LogP contribution in [0.3, 0.4) is 0 Å². The summed E-state index contributed by atoms with van der Waals surface area (Å²) in [5.74, 6) is 0.821. The molecule has 39 heavy (non-hydrogen) atoms. The van der Waals surface area contributed by atoms with Crippen molar-refractivity contribution in [1.29, 1.82) is 0 Å². The third-order valence-corrected chi connectivity index (χ3v) is 8.46. The van der Waals surface area contributed by atoms with Crippen molar-refractivity contribution in [2.75, 3.05) is 0 Å². The van der Waals surface area contributed by atoms with Crippen molar-refractivity contribution < 1.29 is 4.79 Å². The lowest BCUT2D eigenvalue weighted by Crippen LogP contribution is -2.46. The van der Waals surface area contributed by atoms with E-state index in [9.17, 15) is 9.59 Å². The van der Waals surface area contributed by atoms with E-state index in [1.165, 1.54) is 0 Å². The summed E-state index contributed by atoms with van der Waals surface area (Å²) in [5, 5.41) is 4.76. The number of hydrogen-bond donors (Lipinski definition) is 0. The zero-order valence-corrected chi connectivity index (χ0v) is 24.2. The van der Waals surface area contributed by atoms with Crippen LogP contribution in [0.15, 0.2) is 52.3 Å². The molecular weight excluding hydrogens is 558 g/mol. The van der Waals surface area contributed by atoms with Gasteiger partial charge in [-0.25, -0.2) is 19.1 Å². The smallest absolute Gasteiger partial charge is 0.263 e. The van der Waals surface area contributed by atoms with Crippen molar-refractivity contribution in [3.8, 4) is 5.82 Å².